The Labute approximate surface area is 181 Å². The van der Waals surface area contributed by atoms with Gasteiger partial charge in [0.2, 0.25) is 5.91 Å². The minimum absolute atomic E-state index is 0.0733. The number of carbonyl (C=O) groups excluding carboxylic acids is 2. The molecule has 2 fully saturated rings. The van der Waals surface area contributed by atoms with E-state index in [0.29, 0.717) is 39.4 Å². The van der Waals surface area contributed by atoms with Crippen LogP contribution in [0.2, 0.25) is 0 Å². The summed E-state index contributed by atoms with van der Waals surface area (Å²) in [5, 5.41) is 1.06. The van der Waals surface area contributed by atoms with Crippen molar-refractivity contribution in [1.29, 1.82) is 0 Å². The Kier molecular flexibility index (Phi) is 6.65. The summed E-state index contributed by atoms with van der Waals surface area (Å²) >= 11 is 1.49. The van der Waals surface area contributed by atoms with E-state index in [2.05, 4.69) is 29.8 Å². The summed E-state index contributed by atoms with van der Waals surface area (Å²) in [4.78, 5) is 38.3. The lowest BCUT2D eigenvalue weighted by Crippen LogP contribution is -2.41. The Bertz CT molecular complexity index is 905. The van der Waals surface area contributed by atoms with Gasteiger partial charge in [0.1, 0.15) is 4.83 Å². The smallest absolute Gasteiger partial charge is 0.264 e. The summed E-state index contributed by atoms with van der Waals surface area (Å²) in [6, 6.07) is 3.99. The molecule has 8 heteroatoms. The highest BCUT2D eigenvalue weighted by Crippen LogP contribution is 2.40. The summed E-state index contributed by atoms with van der Waals surface area (Å²) in [6.45, 7) is 10.2. The number of thiophene rings is 1. The van der Waals surface area contributed by atoms with Crippen molar-refractivity contribution in [3.63, 3.8) is 0 Å². The van der Waals surface area contributed by atoms with Crippen molar-refractivity contribution in [2.45, 2.75) is 26.2 Å². The van der Waals surface area contributed by atoms with Gasteiger partial charge in [0.05, 0.1) is 24.6 Å². The number of carbonyl (C=O) groups is 2. The van der Waals surface area contributed by atoms with Crippen LogP contribution in [0.25, 0.3) is 10.2 Å². The number of ether oxygens (including phenoxy) is 1. The highest BCUT2D eigenvalue weighted by molar-refractivity contribution is 7.20. The lowest BCUT2D eigenvalue weighted by Gasteiger charge is -2.27. The lowest BCUT2D eigenvalue weighted by atomic mass is 9.95. The van der Waals surface area contributed by atoms with Crippen LogP contribution in [0.3, 0.4) is 0 Å². The number of likely N-dealkylation sites (tertiary alicyclic amines) is 1. The number of fused-ring (bicyclic) bond motifs is 1. The Balaban J connectivity index is 1.59. The van der Waals surface area contributed by atoms with Gasteiger partial charge in [0.15, 0.2) is 0 Å². The van der Waals surface area contributed by atoms with Gasteiger partial charge in [-0.05, 0) is 31.1 Å². The van der Waals surface area contributed by atoms with E-state index < -0.39 is 0 Å². The van der Waals surface area contributed by atoms with Crippen molar-refractivity contribution in [3.05, 3.63) is 28.8 Å². The van der Waals surface area contributed by atoms with E-state index in [-0.39, 0.29) is 17.7 Å². The van der Waals surface area contributed by atoms with Crippen LogP contribution in [0.5, 0.6) is 0 Å². The van der Waals surface area contributed by atoms with E-state index in [9.17, 15) is 9.59 Å². The standard InChI is InChI=1S/C22H30N4O3S/c1-3-24(4-2)15-18(27)26-9-7-16(14-26)19-17-6-5-8-23-21(17)30-20(19)22(28)25-10-12-29-13-11-25/h5-6,8,16H,3-4,7,9-15H2,1-2H3/t16-/m1/s1. The third kappa shape index (κ3) is 4.22. The van der Waals surface area contributed by atoms with Crippen LogP contribution < -0.4 is 0 Å². The molecular formula is C22H30N4O3S. The van der Waals surface area contributed by atoms with Crippen LogP contribution in [0.4, 0.5) is 0 Å². The second-order valence-electron chi connectivity index (χ2n) is 7.89. The quantitative estimate of drug-likeness (QED) is 0.704. The second-order valence-corrected chi connectivity index (χ2v) is 8.89. The first-order chi connectivity index (χ1) is 14.6. The fraction of sp³-hybridized carbons (Fsp3) is 0.591. The molecule has 0 saturated carbocycles. The molecule has 4 rings (SSSR count). The van der Waals surface area contributed by atoms with E-state index in [1.165, 1.54) is 11.3 Å². The van der Waals surface area contributed by atoms with Gasteiger partial charge in [0, 0.05) is 43.7 Å². The molecule has 0 bridgehead atoms. The predicted octanol–water partition coefficient (Wildman–Crippen LogP) is 2.43. The van der Waals surface area contributed by atoms with Crippen LogP contribution >= 0.6 is 11.3 Å². The molecule has 2 amide bonds. The van der Waals surface area contributed by atoms with Crippen molar-refractivity contribution in [3.8, 4) is 0 Å². The predicted molar refractivity (Wildman–Crippen MR) is 118 cm³/mol. The molecule has 2 aromatic rings. The molecular weight excluding hydrogens is 400 g/mol. The highest BCUT2D eigenvalue weighted by Gasteiger charge is 2.34. The monoisotopic (exact) mass is 430 g/mol. The average Bonchev–Trinajstić information content (AvgIpc) is 3.42. The average molecular weight is 431 g/mol. The van der Waals surface area contributed by atoms with Gasteiger partial charge in [-0.25, -0.2) is 4.98 Å². The zero-order valence-corrected chi connectivity index (χ0v) is 18.6. The first-order valence-electron chi connectivity index (χ1n) is 10.9. The van der Waals surface area contributed by atoms with Gasteiger partial charge in [-0.3, -0.25) is 14.5 Å². The van der Waals surface area contributed by atoms with Crippen molar-refractivity contribution in [1.82, 2.24) is 19.7 Å². The number of nitrogens with zero attached hydrogens (tertiary/aromatic N) is 4. The van der Waals surface area contributed by atoms with Crippen LogP contribution in [-0.4, -0.2) is 90.5 Å². The molecule has 2 aliphatic rings. The molecule has 7 nitrogen and oxygen atoms in total. The fourth-order valence-electron chi connectivity index (χ4n) is 4.39. The van der Waals surface area contributed by atoms with E-state index in [1.807, 2.05) is 15.9 Å². The van der Waals surface area contributed by atoms with E-state index in [1.54, 1.807) is 6.20 Å². The van der Waals surface area contributed by atoms with E-state index >= 15 is 0 Å². The summed E-state index contributed by atoms with van der Waals surface area (Å²) in [5.74, 6) is 0.424. The van der Waals surface area contributed by atoms with Crippen molar-refractivity contribution in [2.24, 2.45) is 0 Å². The largest absolute Gasteiger partial charge is 0.378 e. The second kappa shape index (κ2) is 9.41. The molecule has 4 heterocycles. The summed E-state index contributed by atoms with van der Waals surface area (Å²) in [6.07, 6.45) is 2.66. The Morgan fingerprint density at radius 2 is 1.97 bits per heavy atom. The van der Waals surface area contributed by atoms with Gasteiger partial charge in [-0.1, -0.05) is 19.9 Å². The summed E-state index contributed by atoms with van der Waals surface area (Å²) in [7, 11) is 0. The highest BCUT2D eigenvalue weighted by atomic mass is 32.1. The maximum absolute atomic E-state index is 13.4. The molecule has 0 aliphatic carbocycles. The minimum Gasteiger partial charge on any atom is -0.378 e. The number of aromatic nitrogens is 1. The first-order valence-corrected chi connectivity index (χ1v) is 11.7. The third-order valence-electron chi connectivity index (χ3n) is 6.20. The first kappa shape index (κ1) is 21.2. The zero-order chi connectivity index (χ0) is 21.1. The normalized spacial score (nSPS) is 19.8. The molecule has 2 saturated heterocycles. The SMILES string of the molecule is CCN(CC)CC(=O)N1CC[C@@H](c2c(C(=O)N3CCOCC3)sc3ncccc23)C1. The fourth-order valence-corrected chi connectivity index (χ4v) is 5.58. The van der Waals surface area contributed by atoms with Crippen LogP contribution in [0.1, 0.15) is 41.4 Å². The molecule has 2 aromatic heterocycles. The Morgan fingerprint density at radius 3 is 2.70 bits per heavy atom. The number of likely N-dealkylation sites (N-methyl/N-ethyl adjacent to an activating group) is 1. The molecule has 0 spiro atoms. The Morgan fingerprint density at radius 1 is 1.20 bits per heavy atom. The molecule has 0 aromatic carbocycles. The number of rotatable bonds is 6. The third-order valence-corrected chi connectivity index (χ3v) is 7.32. The van der Waals surface area contributed by atoms with Crippen LogP contribution in [-0.2, 0) is 9.53 Å². The molecule has 1 atom stereocenters. The number of hydrogen-bond acceptors (Lipinski definition) is 6. The molecule has 2 aliphatic heterocycles. The molecule has 0 unspecified atom stereocenters. The van der Waals surface area contributed by atoms with Gasteiger partial charge in [-0.2, -0.15) is 0 Å². The van der Waals surface area contributed by atoms with Crippen molar-refractivity contribution >= 4 is 33.4 Å². The van der Waals surface area contributed by atoms with E-state index in [4.69, 9.17) is 4.74 Å². The van der Waals surface area contributed by atoms with Gasteiger partial charge in [0.25, 0.3) is 5.91 Å². The Hall–Kier alpha value is -2.03. The van der Waals surface area contributed by atoms with Gasteiger partial charge in [-0.15, -0.1) is 11.3 Å². The maximum Gasteiger partial charge on any atom is 0.264 e. The van der Waals surface area contributed by atoms with Crippen molar-refractivity contribution < 1.29 is 14.3 Å². The molecule has 30 heavy (non-hydrogen) atoms. The zero-order valence-electron chi connectivity index (χ0n) is 17.8. The van der Waals surface area contributed by atoms with Gasteiger partial charge >= 0.3 is 0 Å². The number of morpholine rings is 1. The summed E-state index contributed by atoms with van der Waals surface area (Å²) < 4.78 is 5.41. The molecule has 0 N–H and O–H groups in total. The van der Waals surface area contributed by atoms with E-state index in [0.717, 1.165) is 46.7 Å². The minimum atomic E-state index is 0.0733. The number of amides is 2. The van der Waals surface area contributed by atoms with Gasteiger partial charge < -0.3 is 14.5 Å². The topological polar surface area (TPSA) is 66.0 Å². The molecule has 162 valence electrons. The van der Waals surface area contributed by atoms with Crippen LogP contribution in [0, 0.1) is 0 Å². The maximum atomic E-state index is 13.4. The summed E-state index contributed by atoms with van der Waals surface area (Å²) in [5.41, 5.74) is 1.08. The number of hydrogen-bond donors (Lipinski definition) is 0. The molecule has 0 radical (unpaired) electrons. The van der Waals surface area contributed by atoms with Crippen molar-refractivity contribution in [2.75, 3.05) is 59.0 Å². The lowest BCUT2D eigenvalue weighted by molar-refractivity contribution is -0.131. The number of pyridine rings is 1. The van der Waals surface area contributed by atoms with Crippen LogP contribution in [0.15, 0.2) is 18.3 Å².